The van der Waals surface area contributed by atoms with Gasteiger partial charge < -0.3 is 9.84 Å². The molecule has 7 nitrogen and oxygen atoms in total. The molecular weight excluding hydrogens is 585 g/mol. The smallest absolute Gasteiger partial charge is 0.301 e. The maximum atomic E-state index is 13.4. The number of benzene rings is 3. The van der Waals surface area contributed by atoms with E-state index in [9.17, 15) is 19.1 Å². The first-order valence-electron chi connectivity index (χ1n) is 12.9. The summed E-state index contributed by atoms with van der Waals surface area (Å²) in [5.41, 5.74) is 1.72. The lowest BCUT2D eigenvalue weighted by atomic mass is 9.95. The summed E-state index contributed by atoms with van der Waals surface area (Å²) in [5, 5.41) is 20.4. The number of ether oxygens (including phenoxy) is 1. The van der Waals surface area contributed by atoms with Crippen molar-refractivity contribution in [3.63, 3.8) is 0 Å². The second-order valence-electron chi connectivity index (χ2n) is 9.22. The van der Waals surface area contributed by atoms with Gasteiger partial charge in [-0.3, -0.25) is 14.5 Å². The summed E-state index contributed by atoms with van der Waals surface area (Å²) in [4.78, 5) is 28.1. The number of halogens is 2. The first-order valence-corrected chi connectivity index (χ1v) is 15.0. The molecule has 0 saturated carbocycles. The first kappa shape index (κ1) is 28.8. The Hall–Kier alpha value is -3.73. The lowest BCUT2D eigenvalue weighted by molar-refractivity contribution is -0.132. The van der Waals surface area contributed by atoms with Crippen molar-refractivity contribution < 1.29 is 23.8 Å². The number of unbranched alkanes of at least 4 members (excludes halogenated alkanes) is 1. The minimum absolute atomic E-state index is 0.0763. The van der Waals surface area contributed by atoms with E-state index in [1.165, 1.54) is 28.8 Å². The van der Waals surface area contributed by atoms with Gasteiger partial charge >= 0.3 is 5.91 Å². The molecular formula is C30H25ClFN3O4S2. The fourth-order valence-electron chi connectivity index (χ4n) is 4.30. The van der Waals surface area contributed by atoms with Crippen molar-refractivity contribution in [3.8, 4) is 5.75 Å². The zero-order chi connectivity index (χ0) is 28.9. The summed E-state index contributed by atoms with van der Waals surface area (Å²) in [6, 6.07) is 18.7. The van der Waals surface area contributed by atoms with Crippen LogP contribution >= 0.6 is 34.7 Å². The van der Waals surface area contributed by atoms with E-state index in [-0.39, 0.29) is 22.3 Å². The normalized spacial score (nSPS) is 16.4. The van der Waals surface area contributed by atoms with Crippen LogP contribution in [0.4, 0.5) is 9.52 Å². The van der Waals surface area contributed by atoms with E-state index in [0.717, 1.165) is 29.7 Å². The molecule has 1 N–H and O–H groups in total. The predicted octanol–water partition coefficient (Wildman–Crippen LogP) is 7.43. The van der Waals surface area contributed by atoms with Crippen molar-refractivity contribution in [2.45, 2.75) is 35.9 Å². The number of aromatic nitrogens is 2. The van der Waals surface area contributed by atoms with Gasteiger partial charge in [0, 0.05) is 16.3 Å². The van der Waals surface area contributed by atoms with Crippen LogP contribution in [-0.4, -0.2) is 33.6 Å². The molecule has 0 bridgehead atoms. The molecule has 0 unspecified atom stereocenters. The van der Waals surface area contributed by atoms with Crippen LogP contribution in [0.1, 0.15) is 42.5 Å². The highest BCUT2D eigenvalue weighted by atomic mass is 35.5. The van der Waals surface area contributed by atoms with Gasteiger partial charge in [0.1, 0.15) is 17.3 Å². The van der Waals surface area contributed by atoms with Crippen molar-refractivity contribution in [2.75, 3.05) is 11.5 Å². The Bertz CT molecular complexity index is 1590. The zero-order valence-electron chi connectivity index (χ0n) is 21.9. The van der Waals surface area contributed by atoms with E-state index in [1.54, 1.807) is 60.7 Å². The molecule has 1 amide bonds. The number of ketones is 1. The van der Waals surface area contributed by atoms with E-state index in [4.69, 9.17) is 16.3 Å². The Balaban J connectivity index is 1.48. The van der Waals surface area contributed by atoms with Crippen LogP contribution in [0.5, 0.6) is 5.75 Å². The van der Waals surface area contributed by atoms with Gasteiger partial charge in [0.25, 0.3) is 5.78 Å². The summed E-state index contributed by atoms with van der Waals surface area (Å²) in [6.45, 7) is 2.65. The number of Topliss-reactive ketones (excluding diaryl/α,β-unsaturated/α-hetero) is 1. The third-order valence-electron chi connectivity index (χ3n) is 6.38. The zero-order valence-corrected chi connectivity index (χ0v) is 24.3. The minimum Gasteiger partial charge on any atom is -0.507 e. The average Bonchev–Trinajstić information content (AvgIpc) is 3.55. The Kier molecular flexibility index (Phi) is 9.02. The van der Waals surface area contributed by atoms with E-state index < -0.39 is 17.7 Å². The number of aliphatic hydroxyl groups excluding tert-OH is 1. The van der Waals surface area contributed by atoms with Crippen molar-refractivity contribution in [1.29, 1.82) is 0 Å². The second-order valence-corrected chi connectivity index (χ2v) is 11.8. The van der Waals surface area contributed by atoms with E-state index >= 15 is 0 Å². The van der Waals surface area contributed by atoms with Crippen LogP contribution in [0.25, 0.3) is 5.76 Å². The molecule has 11 heteroatoms. The van der Waals surface area contributed by atoms with E-state index in [0.29, 0.717) is 38.6 Å². The minimum atomic E-state index is -0.975. The number of hydrogen-bond donors (Lipinski definition) is 1. The molecule has 5 rings (SSSR count). The van der Waals surface area contributed by atoms with Crippen LogP contribution in [0, 0.1) is 5.82 Å². The van der Waals surface area contributed by atoms with Crippen molar-refractivity contribution in [2.24, 2.45) is 0 Å². The van der Waals surface area contributed by atoms with Crippen LogP contribution in [0.3, 0.4) is 0 Å². The molecule has 0 aliphatic carbocycles. The van der Waals surface area contributed by atoms with E-state index in [2.05, 4.69) is 17.1 Å². The van der Waals surface area contributed by atoms with E-state index in [1.807, 2.05) is 0 Å². The topological polar surface area (TPSA) is 92.6 Å². The maximum absolute atomic E-state index is 13.4. The lowest BCUT2D eigenvalue weighted by Gasteiger charge is -2.22. The molecule has 0 spiro atoms. The molecule has 41 heavy (non-hydrogen) atoms. The van der Waals surface area contributed by atoms with Gasteiger partial charge in [-0.25, -0.2) is 4.39 Å². The summed E-state index contributed by atoms with van der Waals surface area (Å²) < 4.78 is 19.5. The number of aliphatic hydroxyl groups is 1. The third-order valence-corrected chi connectivity index (χ3v) is 8.74. The van der Waals surface area contributed by atoms with Gasteiger partial charge in [0.15, 0.2) is 4.34 Å². The molecule has 1 aliphatic rings. The highest BCUT2D eigenvalue weighted by Crippen LogP contribution is 2.44. The Morgan fingerprint density at radius 1 is 1.10 bits per heavy atom. The summed E-state index contributed by atoms with van der Waals surface area (Å²) in [7, 11) is 0. The van der Waals surface area contributed by atoms with Crippen molar-refractivity contribution in [1.82, 2.24) is 10.2 Å². The van der Waals surface area contributed by atoms with Crippen molar-refractivity contribution in [3.05, 3.63) is 106 Å². The predicted molar refractivity (Wildman–Crippen MR) is 159 cm³/mol. The monoisotopic (exact) mass is 609 g/mol. The number of thioether (sulfide) groups is 1. The van der Waals surface area contributed by atoms with Crippen LogP contribution in [0.2, 0.25) is 5.02 Å². The quantitative estimate of drug-likeness (QED) is 0.0499. The maximum Gasteiger partial charge on any atom is 0.301 e. The number of carbonyl (C=O) groups is 2. The summed E-state index contributed by atoms with van der Waals surface area (Å²) in [5.74, 6) is -1.14. The van der Waals surface area contributed by atoms with Gasteiger partial charge in [-0.1, -0.05) is 72.3 Å². The SMILES string of the molecule is CCCCOc1ccc(C(O)=C2C(=O)C(=O)N(c3nnc(SCc4ccc(F)cc4)s3)[C@@H]2c2cccc(Cl)c2)cc1. The Morgan fingerprint density at radius 3 is 2.56 bits per heavy atom. The molecule has 1 aliphatic heterocycles. The molecule has 0 radical (unpaired) electrons. The van der Waals surface area contributed by atoms with Gasteiger partial charge in [0.2, 0.25) is 5.13 Å². The highest BCUT2D eigenvalue weighted by molar-refractivity contribution is 8.00. The number of rotatable bonds is 10. The molecule has 210 valence electrons. The second kappa shape index (κ2) is 12.8. The first-order chi connectivity index (χ1) is 19.9. The lowest BCUT2D eigenvalue weighted by Crippen LogP contribution is -2.29. The fourth-order valence-corrected chi connectivity index (χ4v) is 6.33. The Labute approximate surface area is 249 Å². The molecule has 3 aromatic carbocycles. The highest BCUT2D eigenvalue weighted by Gasteiger charge is 2.48. The number of amides is 1. The standard InChI is InChI=1S/C30H25ClFN3O4S2/c1-2-3-15-39-23-13-9-19(10-14-23)26(36)24-25(20-5-4-6-21(31)16-20)35(28(38)27(24)37)29-33-34-30(41-29)40-17-18-7-11-22(32)12-8-18/h4-14,16,25,36H,2-3,15,17H2,1H3/t25-/m1/s1. The summed E-state index contributed by atoms with van der Waals surface area (Å²) >= 11 is 8.81. The number of carbonyl (C=O) groups excluding carboxylic acids is 2. The van der Waals surface area contributed by atoms with Gasteiger partial charge in [0.05, 0.1) is 18.2 Å². The molecule has 1 saturated heterocycles. The summed E-state index contributed by atoms with van der Waals surface area (Å²) in [6.07, 6.45) is 1.93. The number of hydrogen-bond acceptors (Lipinski definition) is 8. The van der Waals surface area contributed by atoms with Gasteiger partial charge in [-0.05, 0) is 66.1 Å². The largest absolute Gasteiger partial charge is 0.507 e. The number of nitrogens with zero attached hydrogens (tertiary/aromatic N) is 3. The molecule has 4 aromatic rings. The third kappa shape index (κ3) is 6.45. The van der Waals surface area contributed by atoms with Crippen LogP contribution < -0.4 is 9.64 Å². The van der Waals surface area contributed by atoms with Gasteiger partial charge in [-0.2, -0.15) is 0 Å². The molecule has 1 aromatic heterocycles. The molecule has 2 heterocycles. The fraction of sp³-hybridized carbons (Fsp3) is 0.200. The Morgan fingerprint density at radius 2 is 1.85 bits per heavy atom. The van der Waals surface area contributed by atoms with Crippen molar-refractivity contribution >= 4 is 57.3 Å². The molecule has 1 fully saturated rings. The number of anilines is 1. The average molecular weight is 610 g/mol. The van der Waals surface area contributed by atoms with Crippen LogP contribution in [0.15, 0.2) is 82.7 Å². The van der Waals surface area contributed by atoms with Crippen LogP contribution in [-0.2, 0) is 15.3 Å². The molecule has 1 atom stereocenters. The van der Waals surface area contributed by atoms with Gasteiger partial charge in [-0.15, -0.1) is 10.2 Å².